The van der Waals surface area contributed by atoms with Gasteiger partial charge in [-0.3, -0.25) is 9.69 Å². The van der Waals surface area contributed by atoms with Crippen LogP contribution in [0.1, 0.15) is 43.2 Å². The van der Waals surface area contributed by atoms with E-state index in [0.717, 1.165) is 25.2 Å². The van der Waals surface area contributed by atoms with E-state index in [1.807, 2.05) is 6.07 Å². The normalized spacial score (nSPS) is 20.9. The van der Waals surface area contributed by atoms with Crippen molar-refractivity contribution in [1.82, 2.24) is 15.5 Å². The predicted molar refractivity (Wildman–Crippen MR) is 93.2 cm³/mol. The molecule has 5 heteroatoms. The number of nitrogens with one attached hydrogen (secondary N) is 2. The van der Waals surface area contributed by atoms with Crippen LogP contribution in [0.15, 0.2) is 18.2 Å². The quantitative estimate of drug-likeness (QED) is 0.889. The van der Waals surface area contributed by atoms with Gasteiger partial charge in [0.25, 0.3) is 0 Å². The predicted octanol–water partition coefficient (Wildman–Crippen LogP) is 2.36. The Morgan fingerprint density at radius 1 is 1.33 bits per heavy atom. The maximum Gasteiger partial charge on any atom is 0.234 e. The Hall–Kier alpha value is -1.46. The number of hydrogen-bond donors (Lipinski definition) is 2. The molecular formula is C19H28FN3O. The van der Waals surface area contributed by atoms with Crippen molar-refractivity contribution in [2.24, 2.45) is 0 Å². The summed E-state index contributed by atoms with van der Waals surface area (Å²) in [4.78, 5) is 14.8. The molecule has 1 saturated heterocycles. The summed E-state index contributed by atoms with van der Waals surface area (Å²) in [7, 11) is 0. The van der Waals surface area contributed by atoms with Crippen LogP contribution in [0.25, 0.3) is 0 Å². The molecule has 0 atom stereocenters. The maximum atomic E-state index is 13.6. The van der Waals surface area contributed by atoms with Crippen molar-refractivity contribution < 1.29 is 9.18 Å². The third kappa shape index (κ3) is 3.95. The summed E-state index contributed by atoms with van der Waals surface area (Å²) in [5, 5.41) is 6.45. The van der Waals surface area contributed by atoms with Gasteiger partial charge in [0.1, 0.15) is 5.82 Å². The largest absolute Gasteiger partial charge is 0.351 e. The van der Waals surface area contributed by atoms with Gasteiger partial charge in [-0.15, -0.1) is 0 Å². The molecule has 1 aromatic carbocycles. The lowest BCUT2D eigenvalue weighted by atomic mass is 9.79. The number of carbonyl (C=O) groups excluding carboxylic acids is 1. The Balaban J connectivity index is 1.55. The minimum absolute atomic E-state index is 0.0304. The molecule has 3 rings (SSSR count). The zero-order chi connectivity index (χ0) is 17.0. The summed E-state index contributed by atoms with van der Waals surface area (Å²) in [5.74, 6) is -0.187. The van der Waals surface area contributed by atoms with Gasteiger partial charge in [-0.2, -0.15) is 0 Å². The van der Waals surface area contributed by atoms with Gasteiger partial charge in [0.15, 0.2) is 0 Å². The third-order valence-electron chi connectivity index (χ3n) is 5.53. The van der Waals surface area contributed by atoms with Gasteiger partial charge in [-0.05, 0) is 37.0 Å². The molecule has 24 heavy (non-hydrogen) atoms. The minimum Gasteiger partial charge on any atom is -0.351 e. The van der Waals surface area contributed by atoms with Gasteiger partial charge in [0.2, 0.25) is 5.91 Å². The van der Waals surface area contributed by atoms with Crippen molar-refractivity contribution in [3.8, 4) is 0 Å². The van der Waals surface area contributed by atoms with Gasteiger partial charge in [-0.25, -0.2) is 4.39 Å². The van der Waals surface area contributed by atoms with Crippen LogP contribution in [0.4, 0.5) is 4.39 Å². The first-order valence-electron chi connectivity index (χ1n) is 9.07. The Kier molecular flexibility index (Phi) is 5.51. The molecule has 1 aliphatic heterocycles. The average molecular weight is 333 g/mol. The van der Waals surface area contributed by atoms with E-state index in [1.54, 1.807) is 13.0 Å². The molecule has 1 aliphatic carbocycles. The first kappa shape index (κ1) is 17.4. The fourth-order valence-electron chi connectivity index (χ4n) is 4.01. The van der Waals surface area contributed by atoms with Gasteiger partial charge in [0, 0.05) is 31.7 Å². The second-order valence-corrected chi connectivity index (χ2v) is 7.24. The minimum atomic E-state index is -0.218. The summed E-state index contributed by atoms with van der Waals surface area (Å²) < 4.78 is 13.6. The van der Waals surface area contributed by atoms with Crippen molar-refractivity contribution in [1.29, 1.82) is 0 Å². The van der Waals surface area contributed by atoms with E-state index >= 15 is 0 Å². The molecule has 1 amide bonds. The smallest absolute Gasteiger partial charge is 0.234 e. The molecule has 2 aliphatic rings. The highest BCUT2D eigenvalue weighted by molar-refractivity contribution is 5.78. The summed E-state index contributed by atoms with van der Waals surface area (Å²) in [6.45, 7) is 5.42. The molecular weight excluding hydrogens is 305 g/mol. The van der Waals surface area contributed by atoms with Crippen LogP contribution in [-0.4, -0.2) is 42.5 Å². The molecule has 0 bridgehead atoms. The van der Waals surface area contributed by atoms with Crippen molar-refractivity contribution in [2.75, 3.05) is 26.2 Å². The molecule has 2 N–H and O–H groups in total. The Morgan fingerprint density at radius 2 is 2.12 bits per heavy atom. The Bertz CT molecular complexity index is 576. The van der Waals surface area contributed by atoms with E-state index in [2.05, 4.69) is 15.5 Å². The van der Waals surface area contributed by atoms with E-state index in [-0.39, 0.29) is 17.3 Å². The van der Waals surface area contributed by atoms with Crippen LogP contribution in [-0.2, 0) is 11.3 Å². The van der Waals surface area contributed by atoms with Crippen molar-refractivity contribution in [3.63, 3.8) is 0 Å². The standard InChI is InChI=1S/C19H28FN3O/c1-15-5-6-16(11-17(15)20)12-22-18(24)13-23-10-9-21-14-19(23)7-3-2-4-8-19/h5-6,11,21H,2-4,7-10,12-14H2,1H3,(H,22,24). The molecule has 132 valence electrons. The van der Waals surface area contributed by atoms with Crippen molar-refractivity contribution in [3.05, 3.63) is 35.1 Å². The summed E-state index contributed by atoms with van der Waals surface area (Å²) in [6, 6.07) is 5.12. The molecule has 0 unspecified atom stereocenters. The Labute approximate surface area is 143 Å². The molecule has 2 fully saturated rings. The number of rotatable bonds is 4. The fraction of sp³-hybridized carbons (Fsp3) is 0.632. The first-order chi connectivity index (χ1) is 11.6. The number of piperazine rings is 1. The van der Waals surface area contributed by atoms with Crippen molar-refractivity contribution in [2.45, 2.75) is 51.1 Å². The molecule has 0 aromatic heterocycles. The number of hydrogen-bond acceptors (Lipinski definition) is 3. The van der Waals surface area contributed by atoms with Crippen LogP contribution in [0.5, 0.6) is 0 Å². The lowest BCUT2D eigenvalue weighted by Crippen LogP contribution is -2.63. The highest BCUT2D eigenvalue weighted by Crippen LogP contribution is 2.34. The van der Waals surface area contributed by atoms with Crippen LogP contribution >= 0.6 is 0 Å². The van der Waals surface area contributed by atoms with Crippen molar-refractivity contribution >= 4 is 5.91 Å². The van der Waals surface area contributed by atoms with Crippen LogP contribution in [0.3, 0.4) is 0 Å². The van der Waals surface area contributed by atoms with Gasteiger partial charge in [-0.1, -0.05) is 31.4 Å². The lowest BCUT2D eigenvalue weighted by Gasteiger charge is -2.49. The van der Waals surface area contributed by atoms with E-state index < -0.39 is 0 Å². The van der Waals surface area contributed by atoms with Gasteiger partial charge < -0.3 is 10.6 Å². The topological polar surface area (TPSA) is 44.4 Å². The molecule has 1 aromatic rings. The molecule has 1 spiro atoms. The number of aryl methyl sites for hydroxylation is 1. The first-order valence-corrected chi connectivity index (χ1v) is 9.07. The van der Waals surface area contributed by atoms with Crippen LogP contribution in [0.2, 0.25) is 0 Å². The SMILES string of the molecule is Cc1ccc(CNC(=O)CN2CCNCC23CCCCC3)cc1F. The average Bonchev–Trinajstić information content (AvgIpc) is 2.59. The highest BCUT2D eigenvalue weighted by atomic mass is 19.1. The van der Waals surface area contributed by atoms with Crippen LogP contribution < -0.4 is 10.6 Å². The monoisotopic (exact) mass is 333 g/mol. The summed E-state index contributed by atoms with van der Waals surface area (Å²) in [5.41, 5.74) is 1.59. The van der Waals surface area contributed by atoms with Gasteiger partial charge in [0.05, 0.1) is 6.54 Å². The molecule has 0 radical (unpaired) electrons. The van der Waals surface area contributed by atoms with Crippen LogP contribution in [0, 0.1) is 12.7 Å². The van der Waals surface area contributed by atoms with E-state index in [9.17, 15) is 9.18 Å². The molecule has 1 saturated carbocycles. The highest BCUT2D eigenvalue weighted by Gasteiger charge is 2.40. The maximum absolute atomic E-state index is 13.6. The molecule has 4 nitrogen and oxygen atoms in total. The number of nitrogens with zero attached hydrogens (tertiary/aromatic N) is 1. The van der Waals surface area contributed by atoms with E-state index in [1.165, 1.54) is 38.2 Å². The third-order valence-corrected chi connectivity index (χ3v) is 5.53. The fourth-order valence-corrected chi connectivity index (χ4v) is 4.01. The number of amides is 1. The zero-order valence-corrected chi connectivity index (χ0v) is 14.5. The summed E-state index contributed by atoms with van der Waals surface area (Å²) >= 11 is 0. The van der Waals surface area contributed by atoms with E-state index in [0.29, 0.717) is 18.7 Å². The lowest BCUT2D eigenvalue weighted by molar-refractivity contribution is -0.125. The zero-order valence-electron chi connectivity index (χ0n) is 14.5. The molecule has 1 heterocycles. The Morgan fingerprint density at radius 3 is 2.88 bits per heavy atom. The van der Waals surface area contributed by atoms with E-state index in [4.69, 9.17) is 0 Å². The second kappa shape index (κ2) is 7.62. The number of halogens is 1. The number of carbonyl (C=O) groups is 1. The number of benzene rings is 1. The second-order valence-electron chi connectivity index (χ2n) is 7.24. The summed E-state index contributed by atoms with van der Waals surface area (Å²) in [6.07, 6.45) is 6.17. The van der Waals surface area contributed by atoms with Gasteiger partial charge >= 0.3 is 0 Å².